The molecule has 0 aromatic rings. The number of nitrogens with zero attached hydrogens (tertiary/aromatic N) is 1. The largest absolute Gasteiger partial charge is 0.477 e. The van der Waals surface area contributed by atoms with Gasteiger partial charge in [-0.3, -0.25) is 9.59 Å². The van der Waals surface area contributed by atoms with E-state index in [2.05, 4.69) is 148 Å². The number of unbranched alkanes of at least 4 members (excludes halogenated alkanes) is 43. The van der Waals surface area contributed by atoms with Crippen LogP contribution in [0.2, 0.25) is 0 Å². The van der Waals surface area contributed by atoms with E-state index >= 15 is 0 Å². The summed E-state index contributed by atoms with van der Waals surface area (Å²) in [6.07, 6.45) is 118. The Labute approximate surface area is 637 Å². The van der Waals surface area contributed by atoms with E-state index in [4.69, 9.17) is 18.9 Å². The molecule has 103 heavy (non-hydrogen) atoms. The maximum absolute atomic E-state index is 13.0. The molecule has 592 valence electrons. The molecule has 2 unspecified atom stereocenters. The number of ether oxygens (including phenoxy) is 4. The van der Waals surface area contributed by atoms with E-state index in [9.17, 15) is 19.5 Å². The van der Waals surface area contributed by atoms with Gasteiger partial charge in [0.2, 0.25) is 0 Å². The van der Waals surface area contributed by atoms with Crippen LogP contribution in [0.3, 0.4) is 0 Å². The molecular formula is C94H164NO8+. The van der Waals surface area contributed by atoms with E-state index in [0.29, 0.717) is 23.9 Å². The summed E-state index contributed by atoms with van der Waals surface area (Å²) in [5, 5.41) is 9.79. The number of quaternary nitrogens is 1. The van der Waals surface area contributed by atoms with Crippen molar-refractivity contribution in [3.8, 4) is 0 Å². The third-order valence-corrected chi connectivity index (χ3v) is 18.9. The van der Waals surface area contributed by atoms with Crippen LogP contribution in [0.15, 0.2) is 134 Å². The molecule has 1 N–H and O–H groups in total. The Morgan fingerprint density at radius 1 is 0.301 bits per heavy atom. The fourth-order valence-corrected chi connectivity index (χ4v) is 12.3. The highest BCUT2D eigenvalue weighted by molar-refractivity contribution is 5.71. The lowest BCUT2D eigenvalue weighted by atomic mass is 10.0. The summed E-state index contributed by atoms with van der Waals surface area (Å²) in [5.74, 6) is -2.01. The molecule has 0 saturated carbocycles. The Kier molecular flexibility index (Phi) is 79.4. The number of carbonyl (C=O) groups excluding carboxylic acids is 2. The summed E-state index contributed by atoms with van der Waals surface area (Å²) < 4.78 is 23.1. The fraction of sp³-hybridized carbons (Fsp3) is 0.734. The Morgan fingerprint density at radius 2 is 0.553 bits per heavy atom. The molecular weight excluding hydrogens is 1270 g/mol. The number of hydrogen-bond acceptors (Lipinski definition) is 7. The second kappa shape index (κ2) is 83.1. The van der Waals surface area contributed by atoms with E-state index in [1.54, 1.807) is 0 Å². The summed E-state index contributed by atoms with van der Waals surface area (Å²) in [6.45, 7) is 4.79. The molecule has 0 radical (unpaired) electrons. The van der Waals surface area contributed by atoms with Crippen molar-refractivity contribution >= 4 is 17.9 Å². The van der Waals surface area contributed by atoms with Crippen LogP contribution in [0.1, 0.15) is 386 Å². The number of aliphatic carboxylic acids is 1. The standard InChI is InChI=1S/C94H163NO8/c1-6-8-10-12-14-16-18-20-22-24-26-28-30-32-34-36-38-40-42-44-46-48-50-52-54-56-58-60-62-64-66-68-70-72-74-76-78-80-82-84-91(96)101-88-90(89-102-94(93(98)99)100-87-86-95(3,4)5)103-92(97)85-83-81-79-77-75-73-71-69-67-65-63-61-59-57-55-53-51-49-47-45-43-41-39-37-35-33-31-29-27-25-23-21-19-17-15-13-11-9-7-2/h9,11,15,17,21,23-24,26-27,29,33,35,39,41,45,47,51,53,57,59,63,65,90,94H,6-8,10,12-14,16,18-20,22,25,28,30-32,34,36-38,40,42-44,46,48-50,52,54-56,58,60-62,64,66-89H2,1-5H3/p+1/b11-9-,17-15-,23-21-,26-24-,29-27-,35-33-,41-39-,47-45-,53-51-,59-57-,65-63-. The predicted molar refractivity (Wildman–Crippen MR) is 447 cm³/mol. The van der Waals surface area contributed by atoms with Crippen LogP contribution >= 0.6 is 0 Å². The van der Waals surface area contributed by atoms with Gasteiger partial charge in [-0.2, -0.15) is 0 Å². The maximum atomic E-state index is 13.0. The van der Waals surface area contributed by atoms with Gasteiger partial charge >= 0.3 is 17.9 Å². The van der Waals surface area contributed by atoms with Gasteiger partial charge in [0, 0.05) is 12.8 Å². The van der Waals surface area contributed by atoms with Crippen LogP contribution < -0.4 is 0 Å². The van der Waals surface area contributed by atoms with E-state index in [-0.39, 0.29) is 32.2 Å². The highest BCUT2D eigenvalue weighted by Gasteiger charge is 2.25. The van der Waals surface area contributed by atoms with Crippen molar-refractivity contribution in [2.75, 3.05) is 47.5 Å². The molecule has 0 heterocycles. The highest BCUT2D eigenvalue weighted by atomic mass is 16.7. The van der Waals surface area contributed by atoms with Crippen molar-refractivity contribution < 1.29 is 42.9 Å². The van der Waals surface area contributed by atoms with Crippen LogP contribution in [-0.2, 0) is 33.3 Å². The number of likely N-dealkylation sites (N-methyl/N-ethyl adjacent to an activating group) is 1. The highest BCUT2D eigenvalue weighted by Crippen LogP contribution is 2.19. The van der Waals surface area contributed by atoms with Crippen molar-refractivity contribution in [2.45, 2.75) is 399 Å². The predicted octanol–water partition coefficient (Wildman–Crippen LogP) is 28.4. The van der Waals surface area contributed by atoms with Gasteiger partial charge in [0.15, 0.2) is 6.10 Å². The first-order chi connectivity index (χ1) is 50.6. The summed E-state index contributed by atoms with van der Waals surface area (Å²) in [6, 6.07) is 0. The molecule has 2 atom stereocenters. The van der Waals surface area contributed by atoms with E-state index in [1.807, 2.05) is 21.1 Å². The van der Waals surface area contributed by atoms with Crippen molar-refractivity contribution in [3.63, 3.8) is 0 Å². The van der Waals surface area contributed by atoms with Crippen LogP contribution in [0.4, 0.5) is 0 Å². The van der Waals surface area contributed by atoms with Gasteiger partial charge in [0.25, 0.3) is 6.29 Å². The molecule has 9 heteroatoms. The normalized spacial score (nSPS) is 13.3. The molecule has 9 nitrogen and oxygen atoms in total. The van der Waals surface area contributed by atoms with Gasteiger partial charge in [-0.05, 0) is 116 Å². The minimum atomic E-state index is -1.52. The number of allylic oxidation sites excluding steroid dienone is 22. The fourth-order valence-electron chi connectivity index (χ4n) is 12.3. The summed E-state index contributed by atoms with van der Waals surface area (Å²) in [5.41, 5.74) is 0. The smallest absolute Gasteiger partial charge is 0.361 e. The van der Waals surface area contributed by atoms with E-state index in [1.165, 1.54) is 244 Å². The van der Waals surface area contributed by atoms with Gasteiger partial charge in [-0.25, -0.2) is 4.79 Å². The third-order valence-electron chi connectivity index (χ3n) is 18.9. The Balaban J connectivity index is 4.03. The average Bonchev–Trinajstić information content (AvgIpc) is 0.985. The monoisotopic (exact) mass is 1440 g/mol. The number of carboxylic acids is 1. The van der Waals surface area contributed by atoms with Crippen LogP contribution in [0, 0.1) is 0 Å². The molecule has 0 saturated heterocycles. The first-order valence-corrected chi connectivity index (χ1v) is 43.3. The first kappa shape index (κ1) is 98.4. The lowest BCUT2D eigenvalue weighted by Gasteiger charge is -2.25. The summed E-state index contributed by atoms with van der Waals surface area (Å²) in [4.78, 5) is 37.8. The number of hydrogen-bond donors (Lipinski definition) is 1. The third kappa shape index (κ3) is 84.6. The number of carbonyl (C=O) groups is 3. The van der Waals surface area contributed by atoms with Gasteiger partial charge < -0.3 is 28.5 Å². The zero-order valence-corrected chi connectivity index (χ0v) is 67.9. The molecule has 0 aliphatic rings. The summed E-state index contributed by atoms with van der Waals surface area (Å²) in [7, 11) is 5.98. The van der Waals surface area contributed by atoms with Crippen molar-refractivity contribution in [1.82, 2.24) is 0 Å². The Hall–Kier alpha value is -4.57. The molecule has 0 aliphatic carbocycles. The SMILES string of the molecule is CC/C=C\C/C=C\C/C=C\C/C=C\C/C=C\C/C=C\C/C=C\C/C=C\C/C=C\C/C=C\CCCCCCCCCCC(=O)OC(COC(=O)CCCCCCCCCCCCCCCCCCCCCCCCCCCCC/C=C\CCCCCCCCCC)COC(OCC[N+](C)(C)C)C(=O)O. The lowest BCUT2D eigenvalue weighted by Crippen LogP contribution is -2.40. The topological polar surface area (TPSA) is 108 Å². The van der Waals surface area contributed by atoms with Crippen LogP contribution in [0.5, 0.6) is 0 Å². The second-order valence-electron chi connectivity index (χ2n) is 30.1. The van der Waals surface area contributed by atoms with E-state index < -0.39 is 24.3 Å². The minimum absolute atomic E-state index is 0.182. The van der Waals surface area contributed by atoms with Crippen LogP contribution in [0.25, 0.3) is 0 Å². The second-order valence-corrected chi connectivity index (χ2v) is 30.1. The number of esters is 2. The molecule has 0 bridgehead atoms. The zero-order valence-electron chi connectivity index (χ0n) is 67.9. The zero-order chi connectivity index (χ0) is 74.6. The van der Waals surface area contributed by atoms with Gasteiger partial charge in [-0.1, -0.05) is 392 Å². The Morgan fingerprint density at radius 3 is 0.835 bits per heavy atom. The summed E-state index contributed by atoms with van der Waals surface area (Å²) >= 11 is 0. The Bertz CT molecular complexity index is 2170. The average molecular weight is 1440 g/mol. The number of carboxylic acid groups (broad SMARTS) is 1. The molecule has 0 amide bonds. The lowest BCUT2D eigenvalue weighted by molar-refractivity contribution is -0.870. The molecule has 0 spiro atoms. The molecule has 0 aromatic carbocycles. The molecule has 0 fully saturated rings. The van der Waals surface area contributed by atoms with Gasteiger partial charge in [-0.15, -0.1) is 0 Å². The molecule has 0 aliphatic heterocycles. The van der Waals surface area contributed by atoms with Gasteiger partial charge in [0.1, 0.15) is 13.2 Å². The van der Waals surface area contributed by atoms with Gasteiger partial charge in [0.05, 0.1) is 34.4 Å². The minimum Gasteiger partial charge on any atom is -0.477 e. The van der Waals surface area contributed by atoms with E-state index in [0.717, 1.165) is 109 Å². The maximum Gasteiger partial charge on any atom is 0.361 e. The first-order valence-electron chi connectivity index (χ1n) is 43.3. The van der Waals surface area contributed by atoms with Crippen molar-refractivity contribution in [3.05, 3.63) is 134 Å². The molecule has 0 rings (SSSR count). The van der Waals surface area contributed by atoms with Crippen LogP contribution in [-0.4, -0.2) is 87.4 Å². The molecule has 0 aromatic heterocycles. The number of rotatable bonds is 80. The quantitative estimate of drug-likeness (QED) is 0.0211. The van der Waals surface area contributed by atoms with Crippen molar-refractivity contribution in [2.24, 2.45) is 0 Å². The van der Waals surface area contributed by atoms with Crippen molar-refractivity contribution in [1.29, 1.82) is 0 Å².